The SMILES string of the molecule is CCOC(=O)CC1Cc2ccccc2C(=O)C1(C)C. The van der Waals surface area contributed by atoms with Crippen LogP contribution in [0.5, 0.6) is 0 Å². The number of carbonyl (C=O) groups excluding carboxylic acids is 2. The van der Waals surface area contributed by atoms with E-state index >= 15 is 0 Å². The lowest BCUT2D eigenvalue weighted by molar-refractivity contribution is -0.145. The Morgan fingerprint density at radius 2 is 2.05 bits per heavy atom. The standard InChI is InChI=1S/C16H20O3/c1-4-19-14(17)10-12-9-11-7-5-6-8-13(11)15(18)16(12,2)3/h5-8,12H,4,9-10H2,1-3H3. The van der Waals surface area contributed by atoms with E-state index in [9.17, 15) is 9.59 Å². The molecule has 19 heavy (non-hydrogen) atoms. The van der Waals surface area contributed by atoms with E-state index in [1.807, 2.05) is 38.1 Å². The lowest BCUT2D eigenvalue weighted by atomic mass is 9.65. The Balaban J connectivity index is 2.27. The van der Waals surface area contributed by atoms with Gasteiger partial charge in [-0.3, -0.25) is 9.59 Å². The molecule has 0 heterocycles. The fourth-order valence-electron chi connectivity index (χ4n) is 2.72. The van der Waals surface area contributed by atoms with E-state index < -0.39 is 5.41 Å². The molecule has 0 fully saturated rings. The molecule has 0 amide bonds. The van der Waals surface area contributed by atoms with Crippen molar-refractivity contribution in [3.05, 3.63) is 35.4 Å². The molecule has 1 unspecified atom stereocenters. The van der Waals surface area contributed by atoms with Gasteiger partial charge in [-0.25, -0.2) is 0 Å². The monoisotopic (exact) mass is 260 g/mol. The van der Waals surface area contributed by atoms with Crippen molar-refractivity contribution in [3.8, 4) is 0 Å². The van der Waals surface area contributed by atoms with Crippen molar-refractivity contribution in [1.82, 2.24) is 0 Å². The van der Waals surface area contributed by atoms with Gasteiger partial charge in [-0.2, -0.15) is 0 Å². The van der Waals surface area contributed by atoms with Gasteiger partial charge in [0.15, 0.2) is 5.78 Å². The molecule has 0 spiro atoms. The first-order valence-electron chi connectivity index (χ1n) is 6.75. The Morgan fingerprint density at radius 1 is 1.37 bits per heavy atom. The fraction of sp³-hybridized carbons (Fsp3) is 0.500. The Labute approximate surface area is 114 Å². The van der Waals surface area contributed by atoms with Crippen molar-refractivity contribution in [2.75, 3.05) is 6.61 Å². The number of rotatable bonds is 3. The second-order valence-electron chi connectivity index (χ2n) is 5.62. The van der Waals surface area contributed by atoms with E-state index in [1.54, 1.807) is 6.92 Å². The summed E-state index contributed by atoms with van der Waals surface area (Å²) in [5.74, 6) is -0.0784. The Bertz CT molecular complexity index is 502. The van der Waals surface area contributed by atoms with Crippen LogP contribution in [0.4, 0.5) is 0 Å². The highest BCUT2D eigenvalue weighted by Crippen LogP contribution is 2.41. The van der Waals surface area contributed by atoms with E-state index in [0.29, 0.717) is 13.0 Å². The Morgan fingerprint density at radius 3 is 2.74 bits per heavy atom. The van der Waals surface area contributed by atoms with Gasteiger partial charge >= 0.3 is 5.97 Å². The highest BCUT2D eigenvalue weighted by molar-refractivity contribution is 6.02. The van der Waals surface area contributed by atoms with Gasteiger partial charge in [-0.1, -0.05) is 38.1 Å². The van der Waals surface area contributed by atoms with Crippen molar-refractivity contribution in [2.45, 2.75) is 33.6 Å². The Kier molecular flexibility index (Phi) is 3.74. The second-order valence-corrected chi connectivity index (χ2v) is 5.62. The summed E-state index contributed by atoms with van der Waals surface area (Å²) < 4.78 is 5.01. The number of fused-ring (bicyclic) bond motifs is 1. The maximum absolute atomic E-state index is 12.5. The van der Waals surface area contributed by atoms with Crippen LogP contribution < -0.4 is 0 Å². The van der Waals surface area contributed by atoms with Gasteiger partial charge in [-0.05, 0) is 24.8 Å². The van der Waals surface area contributed by atoms with Crippen LogP contribution >= 0.6 is 0 Å². The summed E-state index contributed by atoms with van der Waals surface area (Å²) in [6, 6.07) is 7.67. The molecular formula is C16H20O3. The highest BCUT2D eigenvalue weighted by atomic mass is 16.5. The molecule has 2 rings (SSSR count). The molecule has 0 radical (unpaired) electrons. The lowest BCUT2D eigenvalue weighted by Gasteiger charge is -2.37. The molecule has 0 bridgehead atoms. The van der Waals surface area contributed by atoms with Gasteiger partial charge < -0.3 is 4.74 Å². The third-order valence-electron chi connectivity index (χ3n) is 4.05. The summed E-state index contributed by atoms with van der Waals surface area (Å²) in [7, 11) is 0. The van der Waals surface area contributed by atoms with Gasteiger partial charge in [0, 0.05) is 17.4 Å². The van der Waals surface area contributed by atoms with Crippen molar-refractivity contribution < 1.29 is 14.3 Å². The molecule has 3 nitrogen and oxygen atoms in total. The van der Waals surface area contributed by atoms with E-state index in [0.717, 1.165) is 17.5 Å². The normalized spacial score (nSPS) is 20.8. The molecule has 1 atom stereocenters. The number of carbonyl (C=O) groups is 2. The number of Topliss-reactive ketones (excluding diaryl/α,β-unsaturated/α-hetero) is 1. The average molecular weight is 260 g/mol. The predicted octanol–water partition coefficient (Wildman–Crippen LogP) is 3.02. The van der Waals surface area contributed by atoms with Crippen molar-refractivity contribution in [1.29, 1.82) is 0 Å². The molecule has 0 aliphatic heterocycles. The zero-order chi connectivity index (χ0) is 14.0. The van der Waals surface area contributed by atoms with Gasteiger partial charge in [0.05, 0.1) is 6.61 Å². The van der Waals surface area contributed by atoms with Gasteiger partial charge in [0.1, 0.15) is 0 Å². The highest BCUT2D eigenvalue weighted by Gasteiger charge is 2.42. The van der Waals surface area contributed by atoms with Gasteiger partial charge in [-0.15, -0.1) is 0 Å². The third-order valence-corrected chi connectivity index (χ3v) is 4.05. The van der Waals surface area contributed by atoms with E-state index in [-0.39, 0.29) is 17.7 Å². The minimum absolute atomic E-state index is 0.00829. The summed E-state index contributed by atoms with van der Waals surface area (Å²) >= 11 is 0. The van der Waals surface area contributed by atoms with Crippen LogP contribution in [0.3, 0.4) is 0 Å². The van der Waals surface area contributed by atoms with E-state index in [4.69, 9.17) is 4.74 Å². The molecule has 0 aromatic heterocycles. The second kappa shape index (κ2) is 5.16. The number of esters is 1. The summed E-state index contributed by atoms with van der Waals surface area (Å²) in [6.45, 7) is 6.03. The van der Waals surface area contributed by atoms with Crippen LogP contribution in [-0.4, -0.2) is 18.4 Å². The number of ether oxygens (including phenoxy) is 1. The molecule has 0 saturated heterocycles. The van der Waals surface area contributed by atoms with Gasteiger partial charge in [0.25, 0.3) is 0 Å². The zero-order valence-corrected chi connectivity index (χ0v) is 11.7. The average Bonchev–Trinajstić information content (AvgIpc) is 2.36. The molecule has 1 aromatic rings. The summed E-state index contributed by atoms with van der Waals surface area (Å²) in [5, 5.41) is 0. The topological polar surface area (TPSA) is 43.4 Å². The molecular weight excluding hydrogens is 240 g/mol. The maximum Gasteiger partial charge on any atom is 0.306 e. The van der Waals surface area contributed by atoms with Crippen LogP contribution in [0.2, 0.25) is 0 Å². The lowest BCUT2D eigenvalue weighted by Crippen LogP contribution is -2.40. The first-order chi connectivity index (χ1) is 8.96. The molecule has 102 valence electrons. The first-order valence-corrected chi connectivity index (χ1v) is 6.75. The predicted molar refractivity (Wildman–Crippen MR) is 73.0 cm³/mol. The Hall–Kier alpha value is -1.64. The number of benzene rings is 1. The smallest absolute Gasteiger partial charge is 0.306 e. The van der Waals surface area contributed by atoms with Crippen LogP contribution in [0.15, 0.2) is 24.3 Å². The number of ketones is 1. The third kappa shape index (κ3) is 2.55. The maximum atomic E-state index is 12.5. The van der Waals surface area contributed by atoms with Gasteiger partial charge in [0.2, 0.25) is 0 Å². The van der Waals surface area contributed by atoms with Crippen LogP contribution in [0, 0.1) is 11.3 Å². The fourth-order valence-corrected chi connectivity index (χ4v) is 2.72. The van der Waals surface area contributed by atoms with Crippen molar-refractivity contribution in [2.24, 2.45) is 11.3 Å². The minimum Gasteiger partial charge on any atom is -0.466 e. The number of hydrogen-bond acceptors (Lipinski definition) is 3. The van der Waals surface area contributed by atoms with Crippen molar-refractivity contribution >= 4 is 11.8 Å². The summed E-state index contributed by atoms with van der Waals surface area (Å²) in [4.78, 5) is 24.2. The molecule has 0 N–H and O–H groups in total. The first kappa shape index (κ1) is 13.8. The molecule has 1 aromatic carbocycles. The van der Waals surface area contributed by atoms with Crippen LogP contribution in [0.1, 0.15) is 43.1 Å². The number of hydrogen-bond donors (Lipinski definition) is 0. The zero-order valence-electron chi connectivity index (χ0n) is 11.7. The molecule has 1 aliphatic carbocycles. The molecule has 3 heteroatoms. The summed E-state index contributed by atoms with van der Waals surface area (Å²) in [5.41, 5.74) is 1.33. The summed E-state index contributed by atoms with van der Waals surface area (Å²) in [6.07, 6.45) is 1.06. The van der Waals surface area contributed by atoms with E-state index in [2.05, 4.69) is 0 Å². The minimum atomic E-state index is -0.513. The van der Waals surface area contributed by atoms with E-state index in [1.165, 1.54) is 0 Å². The van der Waals surface area contributed by atoms with Crippen LogP contribution in [-0.2, 0) is 16.0 Å². The molecule has 1 aliphatic rings. The largest absolute Gasteiger partial charge is 0.466 e. The van der Waals surface area contributed by atoms with Crippen molar-refractivity contribution in [3.63, 3.8) is 0 Å². The van der Waals surface area contributed by atoms with Crippen LogP contribution in [0.25, 0.3) is 0 Å². The molecule has 0 saturated carbocycles. The quantitative estimate of drug-likeness (QED) is 0.785.